The van der Waals surface area contributed by atoms with Gasteiger partial charge in [-0.2, -0.15) is 0 Å². The second kappa shape index (κ2) is 10.1. The van der Waals surface area contributed by atoms with Crippen molar-refractivity contribution in [3.05, 3.63) is 76.3 Å². The van der Waals surface area contributed by atoms with Crippen LogP contribution in [0.3, 0.4) is 0 Å². The molecule has 0 bridgehead atoms. The molecule has 2 aromatic rings. The van der Waals surface area contributed by atoms with E-state index in [9.17, 15) is 4.79 Å². The minimum Gasteiger partial charge on any atom is -0.338 e. The second-order valence-electron chi connectivity index (χ2n) is 8.21. The van der Waals surface area contributed by atoms with E-state index in [4.69, 9.17) is 11.6 Å². The Bertz CT molecular complexity index is 870. The highest BCUT2D eigenvalue weighted by Gasteiger charge is 2.17. The van der Waals surface area contributed by atoms with E-state index >= 15 is 0 Å². The van der Waals surface area contributed by atoms with Crippen molar-refractivity contribution < 1.29 is 4.79 Å². The Labute approximate surface area is 184 Å². The van der Waals surface area contributed by atoms with Gasteiger partial charge in [0, 0.05) is 31.2 Å². The summed E-state index contributed by atoms with van der Waals surface area (Å²) < 4.78 is 0. The van der Waals surface area contributed by atoms with Gasteiger partial charge in [0.05, 0.1) is 0 Å². The zero-order chi connectivity index (χ0) is 20.8. The summed E-state index contributed by atoms with van der Waals surface area (Å²) in [5.41, 5.74) is 5.11. The summed E-state index contributed by atoms with van der Waals surface area (Å²) in [7, 11) is 0. The van der Waals surface area contributed by atoms with Crippen molar-refractivity contribution in [2.24, 2.45) is 0 Å². The first-order valence-corrected chi connectivity index (χ1v) is 11.3. The van der Waals surface area contributed by atoms with Crippen LogP contribution >= 0.6 is 11.6 Å². The number of halogens is 1. The van der Waals surface area contributed by atoms with E-state index < -0.39 is 0 Å². The van der Waals surface area contributed by atoms with Crippen molar-refractivity contribution in [1.29, 1.82) is 0 Å². The summed E-state index contributed by atoms with van der Waals surface area (Å²) >= 11 is 5.97. The summed E-state index contributed by atoms with van der Waals surface area (Å²) in [6.07, 6.45) is 6.52. The molecule has 0 aliphatic carbocycles. The molecule has 0 aromatic heterocycles. The van der Waals surface area contributed by atoms with Crippen LogP contribution < -0.4 is 5.32 Å². The Kier molecular flexibility index (Phi) is 7.08. The number of benzene rings is 2. The lowest BCUT2D eigenvalue weighted by atomic mass is 10.00. The first kappa shape index (κ1) is 21.0. The van der Waals surface area contributed by atoms with Crippen molar-refractivity contribution >= 4 is 23.2 Å². The lowest BCUT2D eigenvalue weighted by Crippen LogP contribution is -2.42. The smallest absolute Gasteiger partial charge is 0.317 e. The van der Waals surface area contributed by atoms with E-state index in [1.54, 1.807) is 0 Å². The lowest BCUT2D eigenvalue weighted by molar-refractivity contribution is 0.203. The van der Waals surface area contributed by atoms with Gasteiger partial charge in [-0.05, 0) is 73.2 Å². The number of carbonyl (C=O) groups is 1. The number of hydrogen-bond donors (Lipinski definition) is 1. The van der Waals surface area contributed by atoms with E-state index in [0.29, 0.717) is 13.1 Å². The maximum Gasteiger partial charge on any atom is 0.317 e. The molecule has 0 saturated carbocycles. The van der Waals surface area contributed by atoms with Gasteiger partial charge >= 0.3 is 6.03 Å². The number of urea groups is 1. The predicted molar refractivity (Wildman–Crippen MR) is 124 cm³/mol. The van der Waals surface area contributed by atoms with Crippen LogP contribution in [0.1, 0.15) is 36.0 Å². The first-order valence-electron chi connectivity index (χ1n) is 11.0. The molecule has 4 nitrogen and oxygen atoms in total. The highest BCUT2D eigenvalue weighted by atomic mass is 35.5. The molecule has 1 N–H and O–H groups in total. The molecular weight excluding hydrogens is 394 g/mol. The van der Waals surface area contributed by atoms with Crippen molar-refractivity contribution in [2.75, 3.05) is 32.7 Å². The Hall–Kier alpha value is -2.30. The number of nitrogens with zero attached hydrogens (tertiary/aromatic N) is 2. The topological polar surface area (TPSA) is 35.6 Å². The second-order valence-corrected chi connectivity index (χ2v) is 8.65. The third kappa shape index (κ3) is 5.65. The highest BCUT2D eigenvalue weighted by Crippen LogP contribution is 2.23. The van der Waals surface area contributed by atoms with Crippen molar-refractivity contribution in [3.8, 4) is 0 Å². The van der Waals surface area contributed by atoms with Gasteiger partial charge in [-0.25, -0.2) is 4.79 Å². The predicted octanol–water partition coefficient (Wildman–Crippen LogP) is 4.98. The minimum atomic E-state index is 0.0204. The van der Waals surface area contributed by atoms with Crippen LogP contribution in [0.2, 0.25) is 5.02 Å². The Morgan fingerprint density at radius 2 is 1.63 bits per heavy atom. The Balaban J connectivity index is 1.20. The van der Waals surface area contributed by atoms with Crippen LogP contribution in [0.4, 0.5) is 4.79 Å². The van der Waals surface area contributed by atoms with Crippen LogP contribution in [-0.4, -0.2) is 48.6 Å². The normalized spacial score (nSPS) is 17.1. The monoisotopic (exact) mass is 423 g/mol. The molecule has 5 heteroatoms. The summed E-state index contributed by atoms with van der Waals surface area (Å²) in [5, 5.41) is 3.82. The van der Waals surface area contributed by atoms with Crippen molar-refractivity contribution in [1.82, 2.24) is 15.1 Å². The zero-order valence-electron chi connectivity index (χ0n) is 17.4. The van der Waals surface area contributed by atoms with Gasteiger partial charge in [0.15, 0.2) is 0 Å². The lowest BCUT2D eigenvalue weighted by Gasteiger charge is -2.27. The Morgan fingerprint density at radius 3 is 2.30 bits per heavy atom. The van der Waals surface area contributed by atoms with Gasteiger partial charge in [0.1, 0.15) is 0 Å². The van der Waals surface area contributed by atoms with Gasteiger partial charge in [-0.3, -0.25) is 4.90 Å². The quantitative estimate of drug-likeness (QED) is 0.711. The summed E-state index contributed by atoms with van der Waals surface area (Å²) in [6, 6.07) is 16.8. The number of rotatable bonds is 6. The molecular formula is C25H30ClN3O. The maximum atomic E-state index is 12.5. The van der Waals surface area contributed by atoms with Gasteiger partial charge in [-0.1, -0.05) is 54.1 Å². The number of amides is 2. The number of carbonyl (C=O) groups excluding carboxylic acids is 1. The molecule has 158 valence electrons. The Morgan fingerprint density at radius 1 is 0.933 bits per heavy atom. The molecule has 4 rings (SSSR count). The van der Waals surface area contributed by atoms with Gasteiger partial charge < -0.3 is 10.2 Å². The molecule has 1 saturated heterocycles. The van der Waals surface area contributed by atoms with Crippen LogP contribution in [0.15, 0.2) is 54.6 Å². The molecule has 0 spiro atoms. The minimum absolute atomic E-state index is 0.0204. The van der Waals surface area contributed by atoms with Gasteiger partial charge in [0.25, 0.3) is 0 Å². The molecule has 0 radical (unpaired) electrons. The highest BCUT2D eigenvalue weighted by molar-refractivity contribution is 6.30. The first-order chi connectivity index (χ1) is 14.7. The molecule has 0 unspecified atom stereocenters. The SMILES string of the molecule is O=C(NCCc1ccc(CN2CCCC2)cc1)N1CC=C(c2ccc(Cl)cc2)CC1. The standard InChI is InChI=1S/C25H30ClN3O/c26-24-9-7-22(8-10-24)23-12-17-29(18-13-23)25(30)27-14-11-20-3-5-21(6-4-20)19-28-15-1-2-16-28/h3-10,12H,1-2,11,13-19H2,(H,27,30). The van der Waals surface area contributed by atoms with Crippen LogP contribution in [0.5, 0.6) is 0 Å². The number of likely N-dealkylation sites (tertiary alicyclic amines) is 1. The molecule has 2 amide bonds. The average molecular weight is 424 g/mol. The molecule has 2 aliphatic rings. The van der Waals surface area contributed by atoms with E-state index in [1.807, 2.05) is 29.2 Å². The third-order valence-electron chi connectivity index (χ3n) is 6.03. The van der Waals surface area contributed by atoms with Crippen LogP contribution in [0.25, 0.3) is 5.57 Å². The fraction of sp³-hybridized carbons (Fsp3) is 0.400. The van der Waals surface area contributed by atoms with E-state index in [2.05, 4.69) is 40.6 Å². The fourth-order valence-electron chi connectivity index (χ4n) is 4.22. The maximum absolute atomic E-state index is 12.5. The summed E-state index contributed by atoms with van der Waals surface area (Å²) in [5.74, 6) is 0. The summed E-state index contributed by atoms with van der Waals surface area (Å²) in [4.78, 5) is 16.9. The van der Waals surface area contributed by atoms with Crippen molar-refractivity contribution in [3.63, 3.8) is 0 Å². The van der Waals surface area contributed by atoms with Gasteiger partial charge in [0.2, 0.25) is 0 Å². The largest absolute Gasteiger partial charge is 0.338 e. The molecule has 30 heavy (non-hydrogen) atoms. The van der Waals surface area contributed by atoms with Crippen LogP contribution in [-0.2, 0) is 13.0 Å². The third-order valence-corrected chi connectivity index (χ3v) is 6.28. The van der Waals surface area contributed by atoms with Crippen molar-refractivity contribution in [2.45, 2.75) is 32.2 Å². The van der Waals surface area contributed by atoms with Gasteiger partial charge in [-0.15, -0.1) is 0 Å². The molecule has 0 atom stereocenters. The average Bonchev–Trinajstić information content (AvgIpc) is 3.29. The zero-order valence-corrected chi connectivity index (χ0v) is 18.2. The number of hydrogen-bond acceptors (Lipinski definition) is 2. The van der Waals surface area contributed by atoms with Crippen LogP contribution in [0, 0.1) is 0 Å². The molecule has 2 aromatic carbocycles. The fourth-order valence-corrected chi connectivity index (χ4v) is 4.34. The molecule has 2 heterocycles. The number of nitrogens with one attached hydrogen (secondary N) is 1. The van der Waals surface area contributed by atoms with E-state index in [0.717, 1.165) is 31.0 Å². The van der Waals surface area contributed by atoms with E-state index in [1.165, 1.54) is 48.2 Å². The molecule has 1 fully saturated rings. The molecule has 2 aliphatic heterocycles. The summed E-state index contributed by atoms with van der Waals surface area (Å²) in [6.45, 7) is 5.55. The van der Waals surface area contributed by atoms with E-state index in [-0.39, 0.29) is 6.03 Å².